The number of rotatable bonds is 1. The third-order valence-corrected chi connectivity index (χ3v) is 8.28. The monoisotopic (exact) mass is 346 g/mol. The van der Waals surface area contributed by atoms with Crippen LogP contribution in [0.3, 0.4) is 0 Å². The molecule has 138 valence electrons. The predicted octanol–water partition coefficient (Wildman–Crippen LogP) is 4.67. The summed E-state index contributed by atoms with van der Waals surface area (Å²) >= 11 is 0. The summed E-state index contributed by atoms with van der Waals surface area (Å²) in [6.45, 7) is 4.73. The third-order valence-electron chi connectivity index (χ3n) is 8.28. The Morgan fingerprint density at radius 3 is 2.64 bits per heavy atom. The number of hydrogen-bond donors (Lipinski definition) is 0. The van der Waals surface area contributed by atoms with Crippen molar-refractivity contribution in [3.05, 3.63) is 11.6 Å². The van der Waals surface area contributed by atoms with E-state index in [1.165, 1.54) is 25.5 Å². The number of hydrogen-bond acceptors (Lipinski definition) is 4. The van der Waals surface area contributed by atoms with Crippen LogP contribution in [0.15, 0.2) is 11.6 Å². The lowest BCUT2D eigenvalue weighted by Gasteiger charge is -2.57. The van der Waals surface area contributed by atoms with Crippen LogP contribution in [0.25, 0.3) is 0 Å². The number of allylic oxidation sites excluding steroid dienone is 1. The Balaban J connectivity index is 1.59. The standard InChI is InChI=1S/C21H30O4/c1-20-10-8-14(22)12-13(20)4-5-15-16-6-7-18(25-19(23)24-3)21(16,2)11-9-17(15)20/h12,15-18H,4-11H2,1-3H3/t15-,16-,17+,18?,20-,21-/m0/s1. The summed E-state index contributed by atoms with van der Waals surface area (Å²) in [7, 11) is 1.38. The van der Waals surface area contributed by atoms with E-state index in [2.05, 4.69) is 13.8 Å². The van der Waals surface area contributed by atoms with Gasteiger partial charge in [-0.05, 0) is 74.2 Å². The van der Waals surface area contributed by atoms with Gasteiger partial charge in [0, 0.05) is 11.8 Å². The van der Waals surface area contributed by atoms with Crippen molar-refractivity contribution in [3.8, 4) is 0 Å². The SMILES string of the molecule is COC(=O)OC1CC[C@H]2[C@@H]3CCC4=CC(=O)CC[C@]4(C)[C@@H]3CC[C@]12C. The van der Waals surface area contributed by atoms with Crippen LogP contribution in [0.4, 0.5) is 4.79 Å². The van der Waals surface area contributed by atoms with Gasteiger partial charge in [0.2, 0.25) is 0 Å². The van der Waals surface area contributed by atoms with E-state index in [0.717, 1.165) is 32.1 Å². The molecule has 4 heteroatoms. The smallest absolute Gasteiger partial charge is 0.438 e. The van der Waals surface area contributed by atoms with Gasteiger partial charge in [0.25, 0.3) is 0 Å². The van der Waals surface area contributed by atoms with Gasteiger partial charge in [0.15, 0.2) is 5.78 Å². The summed E-state index contributed by atoms with van der Waals surface area (Å²) in [5, 5.41) is 0. The highest BCUT2D eigenvalue weighted by atomic mass is 16.7. The molecule has 0 aromatic carbocycles. The van der Waals surface area contributed by atoms with Gasteiger partial charge in [-0.15, -0.1) is 0 Å². The number of carbonyl (C=O) groups excluding carboxylic acids is 2. The fraction of sp³-hybridized carbons (Fsp3) is 0.810. The Kier molecular flexibility index (Phi) is 4.01. The average molecular weight is 346 g/mol. The Bertz CT molecular complexity index is 623. The molecule has 0 bridgehead atoms. The summed E-state index contributed by atoms with van der Waals surface area (Å²) in [5.41, 5.74) is 1.70. The molecule has 0 radical (unpaired) electrons. The van der Waals surface area contributed by atoms with E-state index in [0.29, 0.717) is 30.0 Å². The number of fused-ring (bicyclic) bond motifs is 5. The lowest BCUT2D eigenvalue weighted by molar-refractivity contribution is -0.118. The minimum atomic E-state index is -0.541. The summed E-state index contributed by atoms with van der Waals surface area (Å²) < 4.78 is 10.4. The van der Waals surface area contributed by atoms with Crippen molar-refractivity contribution < 1.29 is 19.1 Å². The molecule has 0 spiro atoms. The highest BCUT2D eigenvalue weighted by molar-refractivity contribution is 5.91. The van der Waals surface area contributed by atoms with Crippen molar-refractivity contribution in [3.63, 3.8) is 0 Å². The van der Waals surface area contributed by atoms with Gasteiger partial charge in [0.05, 0.1) is 7.11 Å². The van der Waals surface area contributed by atoms with Crippen LogP contribution in [-0.2, 0) is 14.3 Å². The number of ether oxygens (including phenoxy) is 2. The first kappa shape index (κ1) is 17.1. The van der Waals surface area contributed by atoms with Crippen molar-refractivity contribution in [2.24, 2.45) is 28.6 Å². The fourth-order valence-corrected chi connectivity index (χ4v) is 6.87. The largest absolute Gasteiger partial charge is 0.508 e. The highest BCUT2D eigenvalue weighted by Crippen LogP contribution is 2.65. The molecule has 0 heterocycles. The van der Waals surface area contributed by atoms with Gasteiger partial charge >= 0.3 is 6.16 Å². The molecule has 4 nitrogen and oxygen atoms in total. The van der Waals surface area contributed by atoms with Crippen LogP contribution in [0.5, 0.6) is 0 Å². The normalized spacial score (nSPS) is 45.7. The van der Waals surface area contributed by atoms with Gasteiger partial charge in [-0.25, -0.2) is 4.79 Å². The molecule has 0 amide bonds. The first-order valence-electron chi connectivity index (χ1n) is 9.87. The van der Waals surface area contributed by atoms with Crippen LogP contribution in [-0.4, -0.2) is 25.2 Å². The zero-order chi connectivity index (χ0) is 17.8. The molecule has 0 aromatic rings. The lowest BCUT2D eigenvalue weighted by Crippen LogP contribution is -2.51. The summed E-state index contributed by atoms with van der Waals surface area (Å²) in [6, 6.07) is 0. The van der Waals surface area contributed by atoms with E-state index >= 15 is 0 Å². The molecule has 6 atom stereocenters. The molecule has 0 N–H and O–H groups in total. The molecule has 3 saturated carbocycles. The fourth-order valence-electron chi connectivity index (χ4n) is 6.87. The maximum Gasteiger partial charge on any atom is 0.508 e. The van der Waals surface area contributed by atoms with E-state index in [1.54, 1.807) is 0 Å². The summed E-state index contributed by atoms with van der Waals surface area (Å²) in [6.07, 6.45) is 9.78. The van der Waals surface area contributed by atoms with E-state index in [9.17, 15) is 9.59 Å². The minimum absolute atomic E-state index is 0.0106. The maximum absolute atomic E-state index is 11.9. The van der Waals surface area contributed by atoms with E-state index < -0.39 is 6.16 Å². The molecular weight excluding hydrogens is 316 g/mol. The quantitative estimate of drug-likeness (QED) is 0.647. The van der Waals surface area contributed by atoms with Gasteiger partial charge in [0.1, 0.15) is 6.10 Å². The number of ketones is 1. The van der Waals surface area contributed by atoms with E-state index in [1.807, 2.05) is 6.08 Å². The Morgan fingerprint density at radius 2 is 1.88 bits per heavy atom. The second kappa shape index (κ2) is 5.85. The summed E-state index contributed by atoms with van der Waals surface area (Å²) in [5.74, 6) is 2.31. The zero-order valence-electron chi connectivity index (χ0n) is 15.7. The first-order valence-corrected chi connectivity index (χ1v) is 9.87. The molecule has 0 aromatic heterocycles. The highest BCUT2D eigenvalue weighted by Gasteiger charge is 2.60. The first-order chi connectivity index (χ1) is 11.9. The van der Waals surface area contributed by atoms with Gasteiger partial charge in [-0.3, -0.25) is 4.79 Å². The van der Waals surface area contributed by atoms with Gasteiger partial charge in [-0.2, -0.15) is 0 Å². The van der Waals surface area contributed by atoms with Crippen molar-refractivity contribution in [2.45, 2.75) is 71.3 Å². The Labute approximate surface area is 150 Å². The second-order valence-corrected chi connectivity index (χ2v) is 9.15. The second-order valence-electron chi connectivity index (χ2n) is 9.15. The molecule has 0 saturated heterocycles. The lowest BCUT2D eigenvalue weighted by atomic mass is 9.47. The molecule has 3 fully saturated rings. The molecule has 0 aliphatic heterocycles. The van der Waals surface area contributed by atoms with Crippen LogP contribution < -0.4 is 0 Å². The van der Waals surface area contributed by atoms with E-state index in [4.69, 9.17) is 9.47 Å². The molecule has 4 aliphatic rings. The zero-order valence-corrected chi connectivity index (χ0v) is 15.7. The topological polar surface area (TPSA) is 52.6 Å². The Morgan fingerprint density at radius 1 is 1.08 bits per heavy atom. The molecule has 25 heavy (non-hydrogen) atoms. The van der Waals surface area contributed by atoms with Crippen molar-refractivity contribution in [1.29, 1.82) is 0 Å². The molecule has 4 aliphatic carbocycles. The number of methoxy groups -OCH3 is 1. The van der Waals surface area contributed by atoms with Crippen LogP contribution in [0, 0.1) is 28.6 Å². The van der Waals surface area contributed by atoms with Crippen molar-refractivity contribution in [1.82, 2.24) is 0 Å². The van der Waals surface area contributed by atoms with E-state index in [-0.39, 0.29) is 16.9 Å². The van der Waals surface area contributed by atoms with Gasteiger partial charge < -0.3 is 9.47 Å². The molecular formula is C21H30O4. The molecule has 1 unspecified atom stereocenters. The van der Waals surface area contributed by atoms with Crippen LogP contribution >= 0.6 is 0 Å². The van der Waals surface area contributed by atoms with Crippen molar-refractivity contribution >= 4 is 11.9 Å². The minimum Gasteiger partial charge on any atom is -0.438 e. The summed E-state index contributed by atoms with van der Waals surface area (Å²) in [4.78, 5) is 23.5. The Hall–Kier alpha value is -1.32. The van der Waals surface area contributed by atoms with Crippen LogP contribution in [0.2, 0.25) is 0 Å². The van der Waals surface area contributed by atoms with Crippen LogP contribution in [0.1, 0.15) is 65.2 Å². The van der Waals surface area contributed by atoms with Crippen molar-refractivity contribution in [2.75, 3.05) is 7.11 Å². The molecule has 4 rings (SSSR count). The average Bonchev–Trinajstić information content (AvgIpc) is 2.92. The number of carbonyl (C=O) groups is 2. The predicted molar refractivity (Wildman–Crippen MR) is 94.0 cm³/mol. The third kappa shape index (κ3) is 2.47. The maximum atomic E-state index is 11.9. The van der Waals surface area contributed by atoms with Gasteiger partial charge in [-0.1, -0.05) is 19.4 Å².